The molecule has 6 nitrogen and oxygen atoms in total. The van der Waals surface area contributed by atoms with Crippen LogP contribution in [0.4, 0.5) is 0 Å². The van der Waals surface area contributed by atoms with Crippen LogP contribution in [0.25, 0.3) is 11.3 Å². The Labute approximate surface area is 170 Å². The Morgan fingerprint density at radius 1 is 1.43 bits per heavy atom. The molecule has 1 amide bonds. The molecule has 2 aromatic rings. The summed E-state index contributed by atoms with van der Waals surface area (Å²) in [5, 5.41) is 13.3. The second kappa shape index (κ2) is 8.89. The molecule has 150 valence electrons. The van der Waals surface area contributed by atoms with Gasteiger partial charge in [-0.05, 0) is 24.8 Å². The average molecular weight is 401 g/mol. The number of rotatable bonds is 6. The molecule has 0 spiro atoms. The van der Waals surface area contributed by atoms with Crippen molar-refractivity contribution in [1.29, 1.82) is 5.26 Å². The third-order valence-corrected chi connectivity index (χ3v) is 5.81. The number of aromatic nitrogens is 2. The van der Waals surface area contributed by atoms with E-state index in [1.807, 2.05) is 17.5 Å². The van der Waals surface area contributed by atoms with Gasteiger partial charge < -0.3 is 14.6 Å². The molecule has 0 aliphatic carbocycles. The summed E-state index contributed by atoms with van der Waals surface area (Å²) in [7, 11) is 0. The molecule has 0 unspecified atom stereocenters. The molecule has 0 aromatic carbocycles. The van der Waals surface area contributed by atoms with Gasteiger partial charge in [0.2, 0.25) is 0 Å². The van der Waals surface area contributed by atoms with E-state index in [0.29, 0.717) is 23.8 Å². The van der Waals surface area contributed by atoms with Gasteiger partial charge in [-0.3, -0.25) is 4.79 Å². The number of nitrogens with one attached hydrogen (secondary N) is 1. The van der Waals surface area contributed by atoms with E-state index in [4.69, 9.17) is 15.0 Å². The smallest absolute Gasteiger partial charge is 0.261 e. The Hall–Kier alpha value is -2.17. The van der Waals surface area contributed by atoms with Gasteiger partial charge in [0.15, 0.2) is 0 Å². The van der Waals surface area contributed by atoms with Crippen LogP contribution >= 0.6 is 11.3 Å². The Morgan fingerprint density at radius 3 is 2.86 bits per heavy atom. The molecule has 7 heteroatoms. The highest BCUT2D eigenvalue weighted by Crippen LogP contribution is 2.30. The summed E-state index contributed by atoms with van der Waals surface area (Å²) in [6, 6.07) is 3.92. The molecule has 1 saturated heterocycles. The van der Waals surface area contributed by atoms with Crippen molar-refractivity contribution in [3.05, 3.63) is 28.3 Å². The summed E-state index contributed by atoms with van der Waals surface area (Å²) in [6.07, 6.45) is 4.61. The van der Waals surface area contributed by atoms with Crippen molar-refractivity contribution >= 4 is 17.2 Å². The molecule has 0 bridgehead atoms. The van der Waals surface area contributed by atoms with Crippen molar-refractivity contribution in [3.8, 4) is 17.3 Å². The minimum Gasteiger partial charge on any atom is -0.381 e. The molecule has 3 rings (SSSR count). The van der Waals surface area contributed by atoms with E-state index in [2.05, 4.69) is 36.9 Å². The van der Waals surface area contributed by atoms with Gasteiger partial charge in [0.25, 0.3) is 5.91 Å². The molecule has 1 aliphatic rings. The van der Waals surface area contributed by atoms with Crippen LogP contribution in [-0.4, -0.2) is 35.2 Å². The lowest BCUT2D eigenvalue weighted by Crippen LogP contribution is -2.24. The molecule has 0 atom stereocenters. The summed E-state index contributed by atoms with van der Waals surface area (Å²) in [4.78, 5) is 17.8. The maximum absolute atomic E-state index is 12.2. The fourth-order valence-corrected chi connectivity index (χ4v) is 4.23. The van der Waals surface area contributed by atoms with Gasteiger partial charge >= 0.3 is 0 Å². The van der Waals surface area contributed by atoms with Crippen LogP contribution in [0.2, 0.25) is 0 Å². The van der Waals surface area contributed by atoms with Gasteiger partial charge in [-0.1, -0.05) is 20.8 Å². The predicted molar refractivity (Wildman–Crippen MR) is 110 cm³/mol. The Balaban J connectivity index is 1.80. The molecule has 3 heterocycles. The highest BCUT2D eigenvalue weighted by atomic mass is 32.1. The standard InChI is InChI=1S/C21H28N4O2S/c1-21(2,3)20-24-17(13-25(20)12-15-5-9-27-10-6-15)16-11-18(28-14-16)19(26)23-8-4-7-22/h11,13-15H,4-6,8-10,12H2,1-3H3,(H,23,26). The van der Waals surface area contributed by atoms with Crippen molar-refractivity contribution < 1.29 is 9.53 Å². The van der Waals surface area contributed by atoms with E-state index in [9.17, 15) is 4.79 Å². The van der Waals surface area contributed by atoms with Gasteiger partial charge in [0.1, 0.15) is 5.82 Å². The molecule has 1 aliphatic heterocycles. The number of hydrogen-bond acceptors (Lipinski definition) is 5. The zero-order valence-electron chi connectivity index (χ0n) is 16.8. The van der Waals surface area contributed by atoms with E-state index in [1.54, 1.807) is 0 Å². The summed E-state index contributed by atoms with van der Waals surface area (Å²) in [5.41, 5.74) is 1.81. The number of hydrogen-bond donors (Lipinski definition) is 1. The van der Waals surface area contributed by atoms with Crippen LogP contribution in [0.5, 0.6) is 0 Å². The fraction of sp³-hybridized carbons (Fsp3) is 0.571. The largest absolute Gasteiger partial charge is 0.381 e. The lowest BCUT2D eigenvalue weighted by Gasteiger charge is -2.25. The van der Waals surface area contributed by atoms with E-state index < -0.39 is 0 Å². The van der Waals surface area contributed by atoms with Gasteiger partial charge in [0, 0.05) is 48.9 Å². The first-order valence-corrected chi connectivity index (χ1v) is 10.7. The molecule has 1 fully saturated rings. The maximum atomic E-state index is 12.2. The first-order chi connectivity index (χ1) is 13.4. The Morgan fingerprint density at radius 2 is 2.18 bits per heavy atom. The van der Waals surface area contributed by atoms with Crippen LogP contribution in [0.15, 0.2) is 17.6 Å². The molecular formula is C21H28N4O2S. The second-order valence-corrected chi connectivity index (χ2v) is 9.18. The minimum absolute atomic E-state index is 0.0586. The summed E-state index contributed by atoms with van der Waals surface area (Å²) >= 11 is 1.41. The van der Waals surface area contributed by atoms with Crippen molar-refractivity contribution in [2.75, 3.05) is 19.8 Å². The molecule has 0 saturated carbocycles. The molecule has 0 radical (unpaired) electrons. The van der Waals surface area contributed by atoms with E-state index >= 15 is 0 Å². The van der Waals surface area contributed by atoms with E-state index in [0.717, 1.165) is 49.7 Å². The monoisotopic (exact) mass is 400 g/mol. The van der Waals surface area contributed by atoms with Crippen LogP contribution < -0.4 is 5.32 Å². The van der Waals surface area contributed by atoms with Crippen LogP contribution in [0.3, 0.4) is 0 Å². The van der Waals surface area contributed by atoms with Gasteiger partial charge in [-0.15, -0.1) is 11.3 Å². The number of thiophene rings is 1. The number of nitrogens with zero attached hydrogens (tertiary/aromatic N) is 3. The summed E-state index contributed by atoms with van der Waals surface area (Å²) in [6.45, 7) is 9.55. The number of ether oxygens (including phenoxy) is 1. The SMILES string of the molecule is CC(C)(C)c1nc(-c2csc(C(=O)NCCC#N)c2)cn1CC1CCOCC1. The van der Waals surface area contributed by atoms with Crippen molar-refractivity contribution in [1.82, 2.24) is 14.9 Å². The molecule has 2 aromatic heterocycles. The second-order valence-electron chi connectivity index (χ2n) is 8.27. The van der Waals surface area contributed by atoms with Gasteiger partial charge in [-0.25, -0.2) is 4.98 Å². The Kier molecular flexibility index (Phi) is 6.53. The highest BCUT2D eigenvalue weighted by Gasteiger charge is 2.25. The third kappa shape index (κ3) is 5.00. The van der Waals surface area contributed by atoms with Crippen LogP contribution in [0.1, 0.15) is 55.5 Å². The average Bonchev–Trinajstić information content (AvgIpc) is 3.29. The lowest BCUT2D eigenvalue weighted by molar-refractivity contribution is 0.0607. The highest BCUT2D eigenvalue weighted by molar-refractivity contribution is 7.12. The Bertz CT molecular complexity index is 851. The number of carbonyl (C=O) groups is 1. The fourth-order valence-electron chi connectivity index (χ4n) is 3.41. The summed E-state index contributed by atoms with van der Waals surface area (Å²) in [5.74, 6) is 1.55. The van der Waals surface area contributed by atoms with Gasteiger partial charge in [-0.2, -0.15) is 5.26 Å². The quantitative estimate of drug-likeness (QED) is 0.744. The first kappa shape index (κ1) is 20.6. The van der Waals surface area contributed by atoms with Crippen LogP contribution in [0, 0.1) is 17.2 Å². The number of imidazole rings is 1. The van der Waals surface area contributed by atoms with Crippen molar-refractivity contribution in [2.24, 2.45) is 5.92 Å². The molecule has 28 heavy (non-hydrogen) atoms. The van der Waals surface area contributed by atoms with E-state index in [-0.39, 0.29) is 11.3 Å². The van der Waals surface area contributed by atoms with E-state index in [1.165, 1.54) is 11.3 Å². The molecular weight excluding hydrogens is 372 g/mol. The van der Waals surface area contributed by atoms with Crippen molar-refractivity contribution in [3.63, 3.8) is 0 Å². The number of carbonyl (C=O) groups excluding carboxylic acids is 1. The molecule has 1 N–H and O–H groups in total. The minimum atomic E-state index is -0.135. The third-order valence-electron chi connectivity index (χ3n) is 4.88. The number of amides is 1. The topological polar surface area (TPSA) is 79.9 Å². The van der Waals surface area contributed by atoms with Crippen LogP contribution in [-0.2, 0) is 16.7 Å². The zero-order chi connectivity index (χ0) is 20.1. The van der Waals surface area contributed by atoms with Gasteiger partial charge in [0.05, 0.1) is 23.1 Å². The normalized spacial score (nSPS) is 15.4. The number of nitriles is 1. The lowest BCUT2D eigenvalue weighted by atomic mass is 9.94. The maximum Gasteiger partial charge on any atom is 0.261 e. The first-order valence-electron chi connectivity index (χ1n) is 9.78. The summed E-state index contributed by atoms with van der Waals surface area (Å²) < 4.78 is 7.78. The predicted octanol–water partition coefficient (Wildman–Crippen LogP) is 3.98. The zero-order valence-corrected chi connectivity index (χ0v) is 17.6. The van der Waals surface area contributed by atoms with Crippen molar-refractivity contribution in [2.45, 2.75) is 52.0 Å².